The molecule has 3 aromatic carbocycles. The monoisotopic (exact) mass is 770 g/mol. The predicted molar refractivity (Wildman–Crippen MR) is 173 cm³/mol. The summed E-state index contributed by atoms with van der Waals surface area (Å²) in [7, 11) is 0. The number of rotatable bonds is 5. The van der Waals surface area contributed by atoms with Crippen molar-refractivity contribution in [1.29, 1.82) is 0 Å². The molecule has 3 amide bonds. The van der Waals surface area contributed by atoms with Gasteiger partial charge in [-0.05, 0) is 66.3 Å². The molecule has 0 N–H and O–H groups in total. The highest BCUT2D eigenvalue weighted by atomic mass is 35.5. The number of nitrogens with zero attached hydrogens (tertiary/aromatic N) is 6. The normalized spacial score (nSPS) is 23.7. The van der Waals surface area contributed by atoms with Gasteiger partial charge in [0.2, 0.25) is 5.82 Å². The molecule has 1 aliphatic carbocycles. The Morgan fingerprint density at radius 2 is 1.48 bits per heavy atom. The third-order valence-corrected chi connectivity index (χ3v) is 10.0. The number of hydrogen-bond acceptors (Lipinski definition) is 7. The molecule has 4 aliphatic rings. The Morgan fingerprint density at radius 3 is 2.14 bits per heavy atom. The van der Waals surface area contributed by atoms with Crippen molar-refractivity contribution in [3.8, 4) is 0 Å². The molecule has 258 valence electrons. The van der Waals surface area contributed by atoms with E-state index in [0.717, 1.165) is 17.0 Å². The van der Waals surface area contributed by atoms with Crippen LogP contribution < -0.4 is 4.90 Å². The summed E-state index contributed by atoms with van der Waals surface area (Å²) in [5, 5.41) is 15.6. The maximum atomic E-state index is 14.7. The van der Waals surface area contributed by atoms with Crippen LogP contribution in [0.4, 0.5) is 27.6 Å². The standard InChI is InChI=1S/C32H19Cl4F5N6O3/c33-14-5-4-12(18(35)9-14)8-13-2-1-3-17-26(13)43-47(28(17)16-7-6-15(34)10-19(16)36)20(48)11-45-30-27(42-44-45)31(49)46(32(30)50)29-24(40)22(38)21(37)23(39)25(29)41/h4-10,17,27-28,30H,1-3,11H2/b13-8+. The van der Waals surface area contributed by atoms with Gasteiger partial charge in [-0.1, -0.05) is 63.8 Å². The summed E-state index contributed by atoms with van der Waals surface area (Å²) >= 11 is 25.3. The number of hydrogen-bond donors (Lipinski definition) is 0. The van der Waals surface area contributed by atoms with Crippen LogP contribution in [0, 0.1) is 35.0 Å². The smallest absolute Gasteiger partial charge is 0.264 e. The lowest BCUT2D eigenvalue weighted by Crippen LogP contribution is -2.45. The van der Waals surface area contributed by atoms with E-state index in [-0.39, 0.29) is 15.8 Å². The molecule has 9 nitrogen and oxygen atoms in total. The number of allylic oxidation sites excluding steroid dienone is 1. The number of carbonyl (C=O) groups is 3. The summed E-state index contributed by atoms with van der Waals surface area (Å²) < 4.78 is 71.0. The van der Waals surface area contributed by atoms with Crippen molar-refractivity contribution in [2.75, 3.05) is 11.4 Å². The average molecular weight is 772 g/mol. The summed E-state index contributed by atoms with van der Waals surface area (Å²) in [4.78, 5) is 40.4. The topological polar surface area (TPSA) is 98.0 Å². The van der Waals surface area contributed by atoms with Gasteiger partial charge in [0, 0.05) is 26.0 Å². The predicted octanol–water partition coefficient (Wildman–Crippen LogP) is 8.11. The minimum absolute atomic E-state index is 0.166. The van der Waals surface area contributed by atoms with E-state index in [1.807, 2.05) is 6.08 Å². The fourth-order valence-electron chi connectivity index (χ4n) is 6.64. The van der Waals surface area contributed by atoms with Gasteiger partial charge >= 0.3 is 0 Å². The molecule has 18 heteroatoms. The lowest BCUT2D eigenvalue weighted by atomic mass is 9.77. The summed E-state index contributed by atoms with van der Waals surface area (Å²) in [5.41, 5.74) is 0.819. The largest absolute Gasteiger partial charge is 0.271 e. The molecule has 1 saturated carbocycles. The average Bonchev–Trinajstić information content (AvgIpc) is 3.74. The second-order valence-electron chi connectivity index (χ2n) is 11.8. The first-order valence-electron chi connectivity index (χ1n) is 14.9. The van der Waals surface area contributed by atoms with Gasteiger partial charge in [-0.3, -0.25) is 19.4 Å². The first kappa shape index (κ1) is 34.3. The Bertz CT molecular complexity index is 2090. The van der Waals surface area contributed by atoms with E-state index in [1.54, 1.807) is 30.3 Å². The fourth-order valence-corrected chi connectivity index (χ4v) is 7.62. The van der Waals surface area contributed by atoms with Gasteiger partial charge in [-0.25, -0.2) is 31.9 Å². The lowest BCUT2D eigenvalue weighted by Gasteiger charge is -2.31. The third kappa shape index (κ3) is 5.52. The number of benzene rings is 3. The molecule has 2 fully saturated rings. The highest BCUT2D eigenvalue weighted by Crippen LogP contribution is 2.47. The van der Waals surface area contributed by atoms with Crippen LogP contribution in [0.2, 0.25) is 20.1 Å². The molecule has 4 atom stereocenters. The van der Waals surface area contributed by atoms with Crippen molar-refractivity contribution in [1.82, 2.24) is 10.0 Å². The molecule has 0 radical (unpaired) electrons. The summed E-state index contributed by atoms with van der Waals surface area (Å²) in [6, 6.07) is 5.60. The molecular formula is C32H19Cl4F5N6O3. The second kappa shape index (κ2) is 12.9. The van der Waals surface area contributed by atoms with Gasteiger partial charge in [0.05, 0.1) is 11.8 Å². The molecule has 0 aromatic heterocycles. The number of anilines is 1. The Balaban J connectivity index is 1.23. The van der Waals surface area contributed by atoms with Crippen molar-refractivity contribution >= 4 is 81.6 Å². The zero-order valence-electron chi connectivity index (χ0n) is 25.0. The highest BCUT2D eigenvalue weighted by Gasteiger charge is 2.57. The lowest BCUT2D eigenvalue weighted by molar-refractivity contribution is -0.136. The van der Waals surface area contributed by atoms with Crippen molar-refractivity contribution in [2.45, 2.75) is 37.4 Å². The molecule has 3 aliphatic heterocycles. The van der Waals surface area contributed by atoms with Crippen molar-refractivity contribution < 1.29 is 36.3 Å². The molecule has 0 spiro atoms. The second-order valence-corrected chi connectivity index (χ2v) is 13.5. The van der Waals surface area contributed by atoms with Crippen LogP contribution in [0.3, 0.4) is 0 Å². The number of imide groups is 1. The number of halogens is 9. The minimum Gasteiger partial charge on any atom is -0.271 e. The number of hydrazone groups is 1. The quantitative estimate of drug-likeness (QED) is 0.113. The van der Waals surface area contributed by atoms with Gasteiger partial charge in [-0.15, -0.1) is 0 Å². The Kier molecular flexibility index (Phi) is 8.86. The molecule has 1 saturated heterocycles. The van der Waals surface area contributed by atoms with Crippen LogP contribution in [0.1, 0.15) is 36.4 Å². The summed E-state index contributed by atoms with van der Waals surface area (Å²) in [6.45, 7) is -0.720. The van der Waals surface area contributed by atoms with Gasteiger partial charge in [-0.2, -0.15) is 10.2 Å². The Morgan fingerprint density at radius 1 is 0.840 bits per heavy atom. The number of fused-ring (bicyclic) bond motifs is 2. The number of amides is 3. The summed E-state index contributed by atoms with van der Waals surface area (Å²) in [5.74, 6) is -15.8. The maximum absolute atomic E-state index is 14.7. The van der Waals surface area contributed by atoms with Crippen LogP contribution in [0.15, 0.2) is 57.4 Å². The molecule has 4 unspecified atom stereocenters. The Labute approximate surface area is 299 Å². The third-order valence-electron chi connectivity index (χ3n) is 8.90. The molecule has 0 bridgehead atoms. The van der Waals surface area contributed by atoms with E-state index in [0.29, 0.717) is 44.7 Å². The van der Waals surface area contributed by atoms with E-state index in [9.17, 15) is 36.3 Å². The van der Waals surface area contributed by atoms with Gasteiger partial charge in [0.15, 0.2) is 35.4 Å². The van der Waals surface area contributed by atoms with Crippen LogP contribution in [0.25, 0.3) is 6.08 Å². The minimum atomic E-state index is -2.47. The molecule has 7 rings (SSSR count). The van der Waals surface area contributed by atoms with E-state index in [1.165, 1.54) is 11.1 Å². The van der Waals surface area contributed by atoms with E-state index >= 15 is 0 Å². The zero-order valence-corrected chi connectivity index (χ0v) is 28.0. The van der Waals surface area contributed by atoms with Crippen molar-refractivity contribution in [3.63, 3.8) is 0 Å². The van der Waals surface area contributed by atoms with Gasteiger partial charge < -0.3 is 0 Å². The number of carbonyl (C=O) groups excluding carboxylic acids is 3. The highest BCUT2D eigenvalue weighted by molar-refractivity contribution is 6.36. The molecule has 3 aromatic rings. The molecule has 50 heavy (non-hydrogen) atoms. The van der Waals surface area contributed by atoms with Gasteiger partial charge in [0.25, 0.3) is 17.7 Å². The first-order chi connectivity index (χ1) is 23.8. The van der Waals surface area contributed by atoms with E-state index in [2.05, 4.69) is 10.3 Å². The zero-order chi connectivity index (χ0) is 35.8. The first-order valence-corrected chi connectivity index (χ1v) is 16.4. The fraction of sp³-hybridized carbons (Fsp3) is 0.250. The van der Waals surface area contributed by atoms with Crippen molar-refractivity contribution in [2.24, 2.45) is 21.4 Å². The van der Waals surface area contributed by atoms with Crippen LogP contribution in [0.5, 0.6) is 0 Å². The SMILES string of the molecule is O=C1C2N=NN(CC(=O)N3N=C4/C(=C/c5ccc(Cl)cc5Cl)CCCC4C3c3ccc(Cl)cc3Cl)C2C(=O)N1c1c(F)c(F)c(F)c(F)c1F. The Hall–Kier alpha value is -4.11. The molecular weight excluding hydrogens is 753 g/mol. The van der Waals surface area contributed by atoms with Gasteiger partial charge in [0.1, 0.15) is 12.2 Å². The van der Waals surface area contributed by atoms with Crippen LogP contribution in [-0.2, 0) is 14.4 Å². The van der Waals surface area contributed by atoms with Crippen molar-refractivity contribution in [3.05, 3.63) is 102 Å². The molecule has 3 heterocycles. The maximum Gasteiger partial charge on any atom is 0.264 e. The van der Waals surface area contributed by atoms with E-state index in [4.69, 9.17) is 51.5 Å². The van der Waals surface area contributed by atoms with Crippen LogP contribution in [-0.4, -0.2) is 52.1 Å². The van der Waals surface area contributed by atoms with Crippen LogP contribution >= 0.6 is 46.4 Å². The van der Waals surface area contributed by atoms with E-state index < -0.39 is 77.2 Å². The summed E-state index contributed by atoms with van der Waals surface area (Å²) in [6.07, 6.45) is 3.79.